The van der Waals surface area contributed by atoms with Crippen molar-refractivity contribution in [2.45, 2.75) is 12.3 Å². The largest absolute Gasteiger partial charge is 0.330 e. The second kappa shape index (κ2) is 5.80. The SMILES string of the molecule is NCCC(c1ccc(Cl)cc1)c1ccccn1. The lowest BCUT2D eigenvalue weighted by atomic mass is 9.92. The van der Waals surface area contributed by atoms with Gasteiger partial charge in [-0.3, -0.25) is 4.98 Å². The third-order valence-corrected chi connectivity index (χ3v) is 3.02. The number of pyridine rings is 1. The van der Waals surface area contributed by atoms with Crippen LogP contribution in [0.1, 0.15) is 23.6 Å². The van der Waals surface area contributed by atoms with Gasteiger partial charge in [0.25, 0.3) is 0 Å². The molecule has 0 aliphatic rings. The van der Waals surface area contributed by atoms with Crippen molar-refractivity contribution in [3.05, 3.63) is 64.9 Å². The number of nitrogens with two attached hydrogens (primary N) is 1. The van der Waals surface area contributed by atoms with E-state index in [-0.39, 0.29) is 5.92 Å². The highest BCUT2D eigenvalue weighted by Gasteiger charge is 2.14. The minimum absolute atomic E-state index is 0.249. The molecule has 0 aliphatic carbocycles. The van der Waals surface area contributed by atoms with Gasteiger partial charge in [-0.2, -0.15) is 0 Å². The highest BCUT2D eigenvalue weighted by Crippen LogP contribution is 2.26. The average molecular weight is 247 g/mol. The van der Waals surface area contributed by atoms with Gasteiger partial charge in [-0.1, -0.05) is 29.8 Å². The van der Waals surface area contributed by atoms with Crippen molar-refractivity contribution in [1.29, 1.82) is 0 Å². The molecule has 0 spiro atoms. The van der Waals surface area contributed by atoms with Gasteiger partial charge in [-0.25, -0.2) is 0 Å². The highest BCUT2D eigenvalue weighted by atomic mass is 35.5. The number of hydrogen-bond acceptors (Lipinski definition) is 2. The van der Waals surface area contributed by atoms with Crippen molar-refractivity contribution in [1.82, 2.24) is 4.98 Å². The molecule has 3 heteroatoms. The quantitative estimate of drug-likeness (QED) is 0.900. The van der Waals surface area contributed by atoms with E-state index in [1.165, 1.54) is 5.56 Å². The van der Waals surface area contributed by atoms with Crippen LogP contribution in [-0.4, -0.2) is 11.5 Å². The second-order valence-electron chi connectivity index (χ2n) is 3.94. The molecule has 0 amide bonds. The van der Waals surface area contributed by atoms with Crippen molar-refractivity contribution in [3.8, 4) is 0 Å². The zero-order valence-corrected chi connectivity index (χ0v) is 10.3. The normalized spacial score (nSPS) is 12.4. The third-order valence-electron chi connectivity index (χ3n) is 2.77. The molecule has 1 aromatic carbocycles. The van der Waals surface area contributed by atoms with E-state index in [0.29, 0.717) is 6.54 Å². The van der Waals surface area contributed by atoms with Gasteiger partial charge in [-0.05, 0) is 42.8 Å². The Morgan fingerprint density at radius 2 is 1.88 bits per heavy atom. The third kappa shape index (κ3) is 3.05. The molecule has 2 aromatic rings. The van der Waals surface area contributed by atoms with E-state index in [0.717, 1.165) is 17.1 Å². The first-order valence-corrected chi connectivity index (χ1v) is 6.05. The van der Waals surface area contributed by atoms with E-state index < -0.39 is 0 Å². The Morgan fingerprint density at radius 3 is 2.47 bits per heavy atom. The maximum Gasteiger partial charge on any atom is 0.0478 e. The number of hydrogen-bond donors (Lipinski definition) is 1. The zero-order valence-electron chi connectivity index (χ0n) is 9.51. The van der Waals surface area contributed by atoms with E-state index in [1.54, 1.807) is 0 Å². The van der Waals surface area contributed by atoms with Gasteiger partial charge < -0.3 is 5.73 Å². The Morgan fingerprint density at radius 1 is 1.12 bits per heavy atom. The fourth-order valence-corrected chi connectivity index (χ4v) is 2.06. The van der Waals surface area contributed by atoms with E-state index >= 15 is 0 Å². The summed E-state index contributed by atoms with van der Waals surface area (Å²) in [5.74, 6) is 0.249. The second-order valence-corrected chi connectivity index (χ2v) is 4.37. The van der Waals surface area contributed by atoms with Gasteiger partial charge in [0.15, 0.2) is 0 Å². The highest BCUT2D eigenvalue weighted by molar-refractivity contribution is 6.30. The minimum atomic E-state index is 0.249. The molecule has 2 nitrogen and oxygen atoms in total. The van der Waals surface area contributed by atoms with Crippen LogP contribution < -0.4 is 5.73 Å². The molecule has 0 radical (unpaired) electrons. The first-order valence-electron chi connectivity index (χ1n) is 5.67. The van der Waals surface area contributed by atoms with Gasteiger partial charge in [0.05, 0.1) is 0 Å². The van der Waals surface area contributed by atoms with Gasteiger partial charge in [0.2, 0.25) is 0 Å². The van der Waals surface area contributed by atoms with Crippen molar-refractivity contribution >= 4 is 11.6 Å². The molecule has 0 aliphatic heterocycles. The molecule has 1 heterocycles. The Hall–Kier alpha value is -1.38. The molecule has 1 atom stereocenters. The maximum absolute atomic E-state index is 5.90. The summed E-state index contributed by atoms with van der Waals surface area (Å²) in [7, 11) is 0. The van der Waals surface area contributed by atoms with Crippen LogP contribution in [0.3, 0.4) is 0 Å². The molecule has 1 unspecified atom stereocenters. The van der Waals surface area contributed by atoms with E-state index in [4.69, 9.17) is 17.3 Å². The summed E-state index contributed by atoms with van der Waals surface area (Å²) in [4.78, 5) is 4.41. The molecular weight excluding hydrogens is 232 g/mol. The minimum Gasteiger partial charge on any atom is -0.330 e. The van der Waals surface area contributed by atoms with E-state index in [2.05, 4.69) is 4.98 Å². The zero-order chi connectivity index (χ0) is 12.1. The smallest absolute Gasteiger partial charge is 0.0478 e. The van der Waals surface area contributed by atoms with Crippen LogP contribution in [0.25, 0.3) is 0 Å². The van der Waals surface area contributed by atoms with Crippen molar-refractivity contribution < 1.29 is 0 Å². The topological polar surface area (TPSA) is 38.9 Å². The van der Waals surface area contributed by atoms with E-state index in [9.17, 15) is 0 Å². The Kier molecular flexibility index (Phi) is 4.13. The molecule has 88 valence electrons. The average Bonchev–Trinajstić information content (AvgIpc) is 2.38. The summed E-state index contributed by atoms with van der Waals surface area (Å²) < 4.78 is 0. The molecule has 0 fully saturated rings. The van der Waals surface area contributed by atoms with Gasteiger partial charge in [0.1, 0.15) is 0 Å². The van der Waals surface area contributed by atoms with Crippen LogP contribution in [0, 0.1) is 0 Å². The van der Waals surface area contributed by atoms with Gasteiger partial charge >= 0.3 is 0 Å². The van der Waals surface area contributed by atoms with Crippen LogP contribution >= 0.6 is 11.6 Å². The van der Waals surface area contributed by atoms with E-state index in [1.807, 2.05) is 48.7 Å². The molecular formula is C14H15ClN2. The van der Waals surface area contributed by atoms with Crippen molar-refractivity contribution in [2.24, 2.45) is 5.73 Å². The summed E-state index contributed by atoms with van der Waals surface area (Å²) in [5, 5.41) is 0.751. The van der Waals surface area contributed by atoms with Crippen LogP contribution in [0.5, 0.6) is 0 Å². The molecule has 0 bridgehead atoms. The molecule has 2 N–H and O–H groups in total. The van der Waals surface area contributed by atoms with Crippen LogP contribution in [0.15, 0.2) is 48.7 Å². The number of aromatic nitrogens is 1. The fourth-order valence-electron chi connectivity index (χ4n) is 1.93. The maximum atomic E-state index is 5.90. The van der Waals surface area contributed by atoms with Gasteiger partial charge in [0, 0.05) is 22.8 Å². The molecule has 1 aromatic heterocycles. The van der Waals surface area contributed by atoms with Crippen LogP contribution in [-0.2, 0) is 0 Å². The lowest BCUT2D eigenvalue weighted by molar-refractivity contribution is 0.706. The molecule has 2 rings (SSSR count). The van der Waals surface area contributed by atoms with Crippen LogP contribution in [0.2, 0.25) is 5.02 Å². The summed E-state index contributed by atoms with van der Waals surface area (Å²) in [6.45, 7) is 0.643. The number of benzene rings is 1. The predicted octanol–water partition coefficient (Wildman–Crippen LogP) is 3.22. The lowest BCUT2D eigenvalue weighted by Crippen LogP contribution is -2.10. The Labute approximate surface area is 106 Å². The summed E-state index contributed by atoms with van der Waals surface area (Å²) in [6, 6.07) is 13.9. The van der Waals surface area contributed by atoms with Crippen molar-refractivity contribution in [2.75, 3.05) is 6.54 Å². The first-order chi connectivity index (χ1) is 8.31. The Balaban J connectivity index is 2.32. The predicted molar refractivity (Wildman–Crippen MR) is 71.2 cm³/mol. The Bertz CT molecular complexity index is 453. The summed E-state index contributed by atoms with van der Waals surface area (Å²) in [5.41, 5.74) is 7.94. The fraction of sp³-hybridized carbons (Fsp3) is 0.214. The number of halogens is 1. The molecule has 0 saturated heterocycles. The van der Waals surface area contributed by atoms with Crippen LogP contribution in [0.4, 0.5) is 0 Å². The number of rotatable bonds is 4. The van der Waals surface area contributed by atoms with Crippen molar-refractivity contribution in [3.63, 3.8) is 0 Å². The molecule has 0 saturated carbocycles. The summed E-state index contributed by atoms with van der Waals surface area (Å²) in [6.07, 6.45) is 2.70. The van der Waals surface area contributed by atoms with Gasteiger partial charge in [-0.15, -0.1) is 0 Å². The number of nitrogens with zero attached hydrogens (tertiary/aromatic N) is 1. The molecule has 17 heavy (non-hydrogen) atoms. The standard InChI is InChI=1S/C14H15ClN2/c15-12-6-4-11(5-7-12)13(8-9-16)14-3-1-2-10-17-14/h1-7,10,13H,8-9,16H2. The lowest BCUT2D eigenvalue weighted by Gasteiger charge is -2.16. The first kappa shape index (κ1) is 12.1. The summed E-state index contributed by atoms with van der Waals surface area (Å²) >= 11 is 5.90. The monoisotopic (exact) mass is 246 g/mol.